The predicted octanol–water partition coefficient (Wildman–Crippen LogP) is 2.78. The molecule has 1 aliphatic heterocycles. The van der Waals surface area contributed by atoms with Crippen LogP contribution in [0.3, 0.4) is 0 Å². The molecule has 1 amide bonds. The van der Waals surface area contributed by atoms with E-state index in [1.54, 1.807) is 0 Å². The van der Waals surface area contributed by atoms with E-state index in [0.29, 0.717) is 12.3 Å². The number of amides is 1. The number of thiazole rings is 1. The quantitative estimate of drug-likeness (QED) is 0.776. The third-order valence-electron chi connectivity index (χ3n) is 4.50. The summed E-state index contributed by atoms with van der Waals surface area (Å²) < 4.78 is 5.59. The smallest absolute Gasteiger partial charge is 0.228 e. The highest BCUT2D eigenvalue weighted by atomic mass is 32.1. The van der Waals surface area contributed by atoms with Crippen molar-refractivity contribution in [1.29, 1.82) is 0 Å². The van der Waals surface area contributed by atoms with Crippen molar-refractivity contribution in [1.82, 2.24) is 25.1 Å². The lowest BCUT2D eigenvalue weighted by Crippen LogP contribution is -2.39. The molecule has 0 atom stereocenters. The molecule has 3 aromatic heterocycles. The molecular formula is C17H19N5O2S. The number of aryl methyl sites for hydroxylation is 1. The highest BCUT2D eigenvalue weighted by Gasteiger charge is 2.25. The summed E-state index contributed by atoms with van der Waals surface area (Å²) in [5.74, 6) is 3.03. The minimum absolute atomic E-state index is 0.128. The van der Waals surface area contributed by atoms with E-state index in [0.717, 1.165) is 54.0 Å². The van der Waals surface area contributed by atoms with Crippen molar-refractivity contribution < 1.29 is 9.21 Å². The molecule has 3 aromatic rings. The Kier molecular flexibility index (Phi) is 4.35. The number of piperidine rings is 1. The number of aromatic amines is 1. The summed E-state index contributed by atoms with van der Waals surface area (Å²) in [5, 5.41) is 9.59. The van der Waals surface area contributed by atoms with Gasteiger partial charge in [-0.25, -0.2) is 9.97 Å². The number of nitrogens with zero attached hydrogens (tertiary/aromatic N) is 4. The number of rotatable bonds is 4. The number of nitrogens with one attached hydrogen (secondary N) is 1. The monoisotopic (exact) mass is 357 g/mol. The maximum absolute atomic E-state index is 12.5. The summed E-state index contributed by atoms with van der Waals surface area (Å²) in [6.45, 7) is 3.40. The van der Waals surface area contributed by atoms with Crippen LogP contribution in [0, 0.1) is 6.92 Å². The second-order valence-corrected chi connectivity index (χ2v) is 7.11. The normalized spacial score (nSPS) is 15.6. The van der Waals surface area contributed by atoms with Crippen LogP contribution < -0.4 is 0 Å². The van der Waals surface area contributed by atoms with Gasteiger partial charge in [-0.15, -0.1) is 11.3 Å². The molecule has 0 unspecified atom stereocenters. The highest BCUT2D eigenvalue weighted by molar-refractivity contribution is 7.13. The van der Waals surface area contributed by atoms with Crippen molar-refractivity contribution in [2.45, 2.75) is 32.1 Å². The lowest BCUT2D eigenvalue weighted by Gasteiger charge is -2.30. The zero-order valence-electron chi connectivity index (χ0n) is 13.9. The molecule has 0 bridgehead atoms. The third kappa shape index (κ3) is 3.48. The molecule has 4 rings (SSSR count). The van der Waals surface area contributed by atoms with Gasteiger partial charge in [0.15, 0.2) is 10.8 Å². The Labute approximate surface area is 149 Å². The van der Waals surface area contributed by atoms with E-state index in [4.69, 9.17) is 4.42 Å². The van der Waals surface area contributed by atoms with Gasteiger partial charge in [-0.2, -0.15) is 5.10 Å². The molecule has 8 heteroatoms. The Bertz CT molecular complexity index is 846. The average Bonchev–Trinajstić information content (AvgIpc) is 3.36. The Morgan fingerprint density at radius 2 is 2.24 bits per heavy atom. The summed E-state index contributed by atoms with van der Waals surface area (Å²) in [4.78, 5) is 23.2. The lowest BCUT2D eigenvalue weighted by molar-refractivity contribution is -0.131. The van der Waals surface area contributed by atoms with Crippen LogP contribution >= 0.6 is 11.3 Å². The Hall–Kier alpha value is -2.48. The maximum atomic E-state index is 12.5. The Morgan fingerprint density at radius 1 is 1.40 bits per heavy atom. The first kappa shape index (κ1) is 16.0. The van der Waals surface area contributed by atoms with Crippen molar-refractivity contribution in [3.8, 4) is 10.8 Å². The van der Waals surface area contributed by atoms with E-state index in [9.17, 15) is 4.79 Å². The largest absolute Gasteiger partial charge is 0.459 e. The average molecular weight is 357 g/mol. The van der Waals surface area contributed by atoms with Gasteiger partial charge in [0.1, 0.15) is 17.9 Å². The summed E-state index contributed by atoms with van der Waals surface area (Å²) in [7, 11) is 0. The lowest BCUT2D eigenvalue weighted by atomic mass is 9.96. The van der Waals surface area contributed by atoms with Crippen molar-refractivity contribution in [2.24, 2.45) is 0 Å². The molecule has 130 valence electrons. The van der Waals surface area contributed by atoms with Gasteiger partial charge in [0, 0.05) is 24.4 Å². The van der Waals surface area contributed by atoms with Crippen molar-refractivity contribution in [2.75, 3.05) is 13.1 Å². The molecule has 1 N–H and O–H groups in total. The molecule has 1 aliphatic rings. The zero-order valence-corrected chi connectivity index (χ0v) is 14.8. The van der Waals surface area contributed by atoms with Gasteiger partial charge in [0.05, 0.1) is 12.1 Å². The van der Waals surface area contributed by atoms with E-state index in [-0.39, 0.29) is 5.91 Å². The summed E-state index contributed by atoms with van der Waals surface area (Å²) >= 11 is 1.51. The van der Waals surface area contributed by atoms with E-state index in [2.05, 4.69) is 20.2 Å². The SMILES string of the molecule is Cc1ccc(-c2nc(CC(=O)N3CCC(c4ncn[nH]4)CC3)cs2)o1. The van der Waals surface area contributed by atoms with Crippen LogP contribution in [0.25, 0.3) is 10.8 Å². The molecule has 0 aliphatic carbocycles. The fourth-order valence-electron chi connectivity index (χ4n) is 3.13. The standard InChI is InChI=1S/C17H19N5O2S/c1-11-2-3-14(24-11)17-20-13(9-25-17)8-15(23)22-6-4-12(5-7-22)16-18-10-19-21-16/h2-3,9-10,12H,4-8H2,1H3,(H,18,19,21). The Morgan fingerprint density at radius 3 is 2.92 bits per heavy atom. The molecule has 1 saturated heterocycles. The number of carbonyl (C=O) groups excluding carboxylic acids is 1. The molecule has 0 saturated carbocycles. The maximum Gasteiger partial charge on any atom is 0.228 e. The number of hydrogen-bond acceptors (Lipinski definition) is 6. The summed E-state index contributed by atoms with van der Waals surface area (Å²) in [6, 6.07) is 3.83. The van der Waals surface area contributed by atoms with Gasteiger partial charge in [-0.05, 0) is 31.9 Å². The zero-order chi connectivity index (χ0) is 17.2. The number of furan rings is 1. The molecule has 0 spiro atoms. The topological polar surface area (TPSA) is 87.9 Å². The molecule has 0 radical (unpaired) electrons. The van der Waals surface area contributed by atoms with Crippen LogP contribution in [-0.4, -0.2) is 44.1 Å². The molecule has 0 aromatic carbocycles. The van der Waals surface area contributed by atoms with E-state index < -0.39 is 0 Å². The number of aromatic nitrogens is 4. The Balaban J connectivity index is 1.34. The van der Waals surface area contributed by atoms with Crippen LogP contribution in [0.5, 0.6) is 0 Å². The van der Waals surface area contributed by atoms with Gasteiger partial charge in [-0.3, -0.25) is 9.89 Å². The molecular weight excluding hydrogens is 338 g/mol. The summed E-state index contributed by atoms with van der Waals surface area (Å²) in [6.07, 6.45) is 3.69. The molecule has 1 fully saturated rings. The van der Waals surface area contributed by atoms with E-state index in [1.807, 2.05) is 29.3 Å². The number of H-pyrrole nitrogens is 1. The molecule has 4 heterocycles. The van der Waals surface area contributed by atoms with E-state index >= 15 is 0 Å². The number of carbonyl (C=O) groups is 1. The minimum atomic E-state index is 0.128. The van der Waals surface area contributed by atoms with Gasteiger partial charge < -0.3 is 9.32 Å². The first-order valence-corrected chi connectivity index (χ1v) is 9.21. The fraction of sp³-hybridized carbons (Fsp3) is 0.412. The van der Waals surface area contributed by atoms with Crippen LogP contribution in [0.15, 0.2) is 28.3 Å². The van der Waals surface area contributed by atoms with Crippen molar-refractivity contribution in [3.05, 3.63) is 41.1 Å². The fourth-order valence-corrected chi connectivity index (χ4v) is 3.91. The first-order chi connectivity index (χ1) is 12.2. The second kappa shape index (κ2) is 6.79. The number of likely N-dealkylation sites (tertiary alicyclic amines) is 1. The summed E-state index contributed by atoms with van der Waals surface area (Å²) in [5.41, 5.74) is 0.802. The van der Waals surface area contributed by atoms with Crippen LogP contribution in [-0.2, 0) is 11.2 Å². The number of hydrogen-bond donors (Lipinski definition) is 1. The van der Waals surface area contributed by atoms with Crippen molar-refractivity contribution >= 4 is 17.2 Å². The van der Waals surface area contributed by atoms with Gasteiger partial charge in [0.25, 0.3) is 0 Å². The molecule has 25 heavy (non-hydrogen) atoms. The highest BCUT2D eigenvalue weighted by Crippen LogP contribution is 2.27. The second-order valence-electron chi connectivity index (χ2n) is 6.26. The van der Waals surface area contributed by atoms with E-state index in [1.165, 1.54) is 17.7 Å². The minimum Gasteiger partial charge on any atom is -0.459 e. The van der Waals surface area contributed by atoms with Crippen LogP contribution in [0.4, 0.5) is 0 Å². The van der Waals surface area contributed by atoms with Gasteiger partial charge in [0.2, 0.25) is 5.91 Å². The van der Waals surface area contributed by atoms with Gasteiger partial charge >= 0.3 is 0 Å². The third-order valence-corrected chi connectivity index (χ3v) is 5.41. The van der Waals surface area contributed by atoms with Crippen LogP contribution in [0.1, 0.15) is 36.0 Å². The predicted molar refractivity (Wildman–Crippen MR) is 93.2 cm³/mol. The first-order valence-electron chi connectivity index (χ1n) is 8.33. The van der Waals surface area contributed by atoms with Crippen LogP contribution in [0.2, 0.25) is 0 Å². The van der Waals surface area contributed by atoms with Gasteiger partial charge in [-0.1, -0.05) is 0 Å². The van der Waals surface area contributed by atoms with Crippen molar-refractivity contribution in [3.63, 3.8) is 0 Å². The molecule has 7 nitrogen and oxygen atoms in total.